The predicted molar refractivity (Wildman–Crippen MR) is 69.4 cm³/mol. The summed E-state index contributed by atoms with van der Waals surface area (Å²) in [6.07, 6.45) is 0. The van der Waals surface area contributed by atoms with Crippen LogP contribution < -0.4 is 17.0 Å². The van der Waals surface area contributed by atoms with Gasteiger partial charge in [-0.2, -0.15) is 0 Å². The molecule has 1 aromatic rings. The summed E-state index contributed by atoms with van der Waals surface area (Å²) in [5.74, 6) is 4.85. The van der Waals surface area contributed by atoms with Gasteiger partial charge in [0.1, 0.15) is 5.25 Å². The SMILES string of the molecule is COCC(Sc1cc(C)ccc1N)C(=O)NN. The van der Waals surface area contributed by atoms with E-state index in [2.05, 4.69) is 5.43 Å². The average molecular weight is 255 g/mol. The fraction of sp³-hybridized carbons (Fsp3) is 0.364. The lowest BCUT2D eigenvalue weighted by atomic mass is 10.2. The van der Waals surface area contributed by atoms with Crippen LogP contribution in [0.3, 0.4) is 0 Å². The molecule has 1 aromatic carbocycles. The number of benzene rings is 1. The van der Waals surface area contributed by atoms with E-state index in [1.165, 1.54) is 18.9 Å². The summed E-state index contributed by atoms with van der Waals surface area (Å²) in [4.78, 5) is 12.4. The Morgan fingerprint density at radius 2 is 2.29 bits per heavy atom. The van der Waals surface area contributed by atoms with Crippen molar-refractivity contribution in [2.75, 3.05) is 19.5 Å². The first-order valence-corrected chi connectivity index (χ1v) is 5.98. The van der Waals surface area contributed by atoms with Gasteiger partial charge in [0.15, 0.2) is 0 Å². The molecule has 6 heteroatoms. The monoisotopic (exact) mass is 255 g/mol. The molecule has 5 nitrogen and oxygen atoms in total. The van der Waals surface area contributed by atoms with Crippen molar-refractivity contribution >= 4 is 23.4 Å². The molecule has 0 aromatic heterocycles. The van der Waals surface area contributed by atoms with E-state index in [-0.39, 0.29) is 12.5 Å². The van der Waals surface area contributed by atoms with E-state index in [0.717, 1.165) is 10.5 Å². The molecule has 0 heterocycles. The zero-order valence-electron chi connectivity index (χ0n) is 9.90. The van der Waals surface area contributed by atoms with Gasteiger partial charge in [-0.1, -0.05) is 6.07 Å². The first kappa shape index (κ1) is 13.8. The van der Waals surface area contributed by atoms with Crippen LogP contribution in [0.25, 0.3) is 0 Å². The number of nitrogens with two attached hydrogens (primary N) is 2. The van der Waals surface area contributed by atoms with Crippen molar-refractivity contribution in [1.82, 2.24) is 5.43 Å². The molecule has 0 aliphatic carbocycles. The quantitative estimate of drug-likeness (QED) is 0.236. The molecule has 1 atom stereocenters. The maximum absolute atomic E-state index is 11.5. The molecule has 1 rings (SSSR count). The number of hydrogen-bond acceptors (Lipinski definition) is 5. The molecule has 1 unspecified atom stereocenters. The second-order valence-corrected chi connectivity index (χ2v) is 4.86. The van der Waals surface area contributed by atoms with Crippen LogP contribution in [0.1, 0.15) is 5.56 Å². The fourth-order valence-corrected chi connectivity index (χ4v) is 2.45. The van der Waals surface area contributed by atoms with Crippen LogP contribution >= 0.6 is 11.8 Å². The van der Waals surface area contributed by atoms with Gasteiger partial charge in [0, 0.05) is 17.7 Å². The Kier molecular flexibility index (Phi) is 5.27. The lowest BCUT2D eigenvalue weighted by Gasteiger charge is -2.15. The highest BCUT2D eigenvalue weighted by atomic mass is 32.2. The van der Waals surface area contributed by atoms with Gasteiger partial charge in [0.25, 0.3) is 0 Å². The largest absolute Gasteiger partial charge is 0.398 e. The highest BCUT2D eigenvalue weighted by Gasteiger charge is 2.19. The van der Waals surface area contributed by atoms with Gasteiger partial charge >= 0.3 is 0 Å². The molecular formula is C11H17N3O2S. The van der Waals surface area contributed by atoms with Crippen molar-refractivity contribution in [3.05, 3.63) is 23.8 Å². The minimum atomic E-state index is -0.408. The molecule has 0 fully saturated rings. The summed E-state index contributed by atoms with van der Waals surface area (Å²) in [7, 11) is 1.54. The standard InChI is InChI=1S/C11H17N3O2S/c1-7-3-4-8(12)9(5-7)17-10(6-16-2)11(15)14-13/h3-5,10H,6,12-13H2,1-2H3,(H,14,15). The Balaban J connectivity index is 2.85. The minimum Gasteiger partial charge on any atom is -0.398 e. The van der Waals surface area contributed by atoms with Crippen molar-refractivity contribution < 1.29 is 9.53 Å². The van der Waals surface area contributed by atoms with E-state index in [1.807, 2.05) is 25.1 Å². The van der Waals surface area contributed by atoms with Crippen LogP contribution in [-0.2, 0) is 9.53 Å². The molecule has 94 valence electrons. The zero-order chi connectivity index (χ0) is 12.8. The summed E-state index contributed by atoms with van der Waals surface area (Å²) < 4.78 is 4.99. The fourth-order valence-electron chi connectivity index (χ4n) is 1.30. The van der Waals surface area contributed by atoms with Crippen LogP contribution in [0, 0.1) is 6.92 Å². The van der Waals surface area contributed by atoms with Crippen molar-refractivity contribution in [2.24, 2.45) is 5.84 Å². The molecule has 0 saturated carbocycles. The van der Waals surface area contributed by atoms with Crippen molar-refractivity contribution in [3.8, 4) is 0 Å². The number of nitrogens with one attached hydrogen (secondary N) is 1. The zero-order valence-corrected chi connectivity index (χ0v) is 10.7. The Morgan fingerprint density at radius 1 is 1.59 bits per heavy atom. The summed E-state index contributed by atoms with van der Waals surface area (Å²) >= 11 is 1.34. The van der Waals surface area contributed by atoms with E-state index in [9.17, 15) is 4.79 Å². The molecule has 0 bridgehead atoms. The molecule has 0 aliphatic rings. The maximum Gasteiger partial charge on any atom is 0.249 e. The van der Waals surface area contributed by atoms with Crippen molar-refractivity contribution in [2.45, 2.75) is 17.1 Å². The highest BCUT2D eigenvalue weighted by Crippen LogP contribution is 2.29. The molecule has 0 spiro atoms. The highest BCUT2D eigenvalue weighted by molar-refractivity contribution is 8.00. The number of hydrazine groups is 1. The van der Waals surface area contributed by atoms with Crippen LogP contribution in [0.15, 0.2) is 23.1 Å². The molecular weight excluding hydrogens is 238 g/mol. The molecule has 0 aliphatic heterocycles. The smallest absolute Gasteiger partial charge is 0.249 e. The second-order valence-electron chi connectivity index (χ2n) is 3.61. The van der Waals surface area contributed by atoms with E-state index >= 15 is 0 Å². The molecule has 1 amide bonds. The summed E-state index contributed by atoms with van der Waals surface area (Å²) in [5.41, 5.74) is 9.71. The number of thioether (sulfide) groups is 1. The van der Waals surface area contributed by atoms with Gasteiger partial charge in [-0.15, -0.1) is 11.8 Å². The van der Waals surface area contributed by atoms with E-state index in [4.69, 9.17) is 16.3 Å². The van der Waals surface area contributed by atoms with Gasteiger partial charge in [0.2, 0.25) is 5.91 Å². The first-order valence-electron chi connectivity index (χ1n) is 5.10. The van der Waals surface area contributed by atoms with Gasteiger partial charge in [-0.05, 0) is 24.6 Å². The van der Waals surface area contributed by atoms with Crippen molar-refractivity contribution in [3.63, 3.8) is 0 Å². The summed E-state index contributed by atoms with van der Waals surface area (Å²) in [6.45, 7) is 2.25. The molecule has 17 heavy (non-hydrogen) atoms. The Hall–Kier alpha value is -1.24. The van der Waals surface area contributed by atoms with Gasteiger partial charge in [-0.3, -0.25) is 10.2 Å². The number of carbonyl (C=O) groups excluding carboxylic acids is 1. The summed E-state index contributed by atoms with van der Waals surface area (Å²) in [5, 5.41) is -0.408. The third kappa shape index (κ3) is 3.92. The van der Waals surface area contributed by atoms with Crippen LogP contribution in [0.2, 0.25) is 0 Å². The molecule has 0 saturated heterocycles. The minimum absolute atomic E-state index is 0.279. The van der Waals surface area contributed by atoms with Gasteiger partial charge in [-0.25, -0.2) is 5.84 Å². The number of rotatable bonds is 5. The molecule has 0 radical (unpaired) electrons. The number of methoxy groups -OCH3 is 1. The lowest BCUT2D eigenvalue weighted by Crippen LogP contribution is -2.39. The number of aryl methyl sites for hydroxylation is 1. The second kappa shape index (κ2) is 6.48. The number of anilines is 1. The Morgan fingerprint density at radius 3 is 2.88 bits per heavy atom. The van der Waals surface area contributed by atoms with Crippen LogP contribution in [-0.4, -0.2) is 24.9 Å². The number of hydrogen-bond donors (Lipinski definition) is 3. The third-order valence-electron chi connectivity index (χ3n) is 2.19. The van der Waals surface area contributed by atoms with Gasteiger partial charge < -0.3 is 10.5 Å². The lowest BCUT2D eigenvalue weighted by molar-refractivity contribution is -0.121. The van der Waals surface area contributed by atoms with E-state index < -0.39 is 5.25 Å². The first-order chi connectivity index (χ1) is 8.08. The number of nitrogen functional groups attached to an aromatic ring is 1. The predicted octanol–water partition coefficient (Wildman–Crippen LogP) is 0.674. The normalized spacial score (nSPS) is 12.2. The topological polar surface area (TPSA) is 90.4 Å². The Bertz CT molecular complexity index is 398. The van der Waals surface area contributed by atoms with Crippen LogP contribution in [0.4, 0.5) is 5.69 Å². The molecule has 5 N–H and O–H groups in total. The van der Waals surface area contributed by atoms with Gasteiger partial charge in [0.05, 0.1) is 6.61 Å². The number of ether oxygens (including phenoxy) is 1. The van der Waals surface area contributed by atoms with E-state index in [1.54, 1.807) is 0 Å². The van der Waals surface area contributed by atoms with E-state index in [0.29, 0.717) is 5.69 Å². The number of amides is 1. The average Bonchev–Trinajstić information content (AvgIpc) is 2.32. The Labute approximate surface area is 105 Å². The summed E-state index contributed by atoms with van der Waals surface area (Å²) in [6, 6.07) is 5.68. The maximum atomic E-state index is 11.5. The third-order valence-corrected chi connectivity index (χ3v) is 3.43. The number of carbonyl (C=O) groups is 1. The van der Waals surface area contributed by atoms with Crippen LogP contribution in [0.5, 0.6) is 0 Å². The van der Waals surface area contributed by atoms with Crippen molar-refractivity contribution in [1.29, 1.82) is 0 Å².